The van der Waals surface area contributed by atoms with Gasteiger partial charge in [0.1, 0.15) is 30.2 Å². The number of anilines is 2. The van der Waals surface area contributed by atoms with Crippen LogP contribution in [0.4, 0.5) is 17.1 Å². The van der Waals surface area contributed by atoms with Crippen molar-refractivity contribution in [3.63, 3.8) is 0 Å². The van der Waals surface area contributed by atoms with Crippen LogP contribution in [0.5, 0.6) is 5.75 Å². The highest BCUT2D eigenvalue weighted by Crippen LogP contribution is 2.35. The Balaban J connectivity index is 1.56. The molecule has 1 aliphatic rings. The summed E-state index contributed by atoms with van der Waals surface area (Å²) in [6.07, 6.45) is 8.60. The fourth-order valence-electron chi connectivity index (χ4n) is 5.54. The van der Waals surface area contributed by atoms with Gasteiger partial charge in [0.05, 0.1) is 17.2 Å². The number of benzene rings is 2. The number of ketones is 1. The SMILES string of the molecule is CCCCCCCCCCCCCCCC(=O)c1ccccc1Nc1cc([N+](=O)[O-])ccc1O[C@@H]1O[C@H](CO)[C@@H](O)[C@H](O)[C@H]1O. The first-order valence-electron chi connectivity index (χ1n) is 16.4. The Kier molecular flexibility index (Phi) is 15.7. The van der Waals surface area contributed by atoms with Crippen LogP contribution in [0.3, 0.4) is 0 Å². The number of non-ortho nitro benzene ring substituents is 1. The van der Waals surface area contributed by atoms with Crippen molar-refractivity contribution in [1.82, 2.24) is 0 Å². The Morgan fingerprint density at radius 3 is 2.04 bits per heavy atom. The number of carbonyl (C=O) groups excluding carboxylic acids is 1. The number of carbonyl (C=O) groups is 1. The Bertz CT molecular complexity index is 1190. The van der Waals surface area contributed by atoms with Crippen LogP contribution in [0.15, 0.2) is 42.5 Å². The van der Waals surface area contributed by atoms with Gasteiger partial charge in [-0.3, -0.25) is 14.9 Å². The lowest BCUT2D eigenvalue weighted by atomic mass is 9.99. The van der Waals surface area contributed by atoms with E-state index >= 15 is 0 Å². The minimum atomic E-state index is -1.67. The first-order chi connectivity index (χ1) is 21.8. The number of nitro benzene ring substituents is 1. The van der Waals surface area contributed by atoms with E-state index in [0.717, 1.165) is 19.3 Å². The summed E-state index contributed by atoms with van der Waals surface area (Å²) in [6, 6.07) is 10.6. The molecule has 2 aromatic rings. The van der Waals surface area contributed by atoms with Crippen molar-refractivity contribution in [2.75, 3.05) is 11.9 Å². The first kappa shape index (κ1) is 36.4. The Morgan fingerprint density at radius 2 is 1.44 bits per heavy atom. The number of aliphatic hydroxyl groups is 4. The zero-order valence-electron chi connectivity index (χ0n) is 26.3. The lowest BCUT2D eigenvalue weighted by Crippen LogP contribution is -2.60. The van der Waals surface area contributed by atoms with Crippen molar-refractivity contribution in [2.24, 2.45) is 0 Å². The van der Waals surface area contributed by atoms with Gasteiger partial charge in [0, 0.05) is 29.8 Å². The molecule has 1 saturated heterocycles. The third-order valence-electron chi connectivity index (χ3n) is 8.27. The van der Waals surface area contributed by atoms with Gasteiger partial charge in [-0.25, -0.2) is 0 Å². The molecular formula is C34H50N2O9. The number of unbranched alkanes of at least 4 members (excludes halogenated alkanes) is 12. The van der Waals surface area contributed by atoms with Crippen LogP contribution in [0.2, 0.25) is 0 Å². The number of aliphatic hydroxyl groups excluding tert-OH is 4. The molecule has 0 bridgehead atoms. The zero-order chi connectivity index (χ0) is 32.6. The molecule has 0 radical (unpaired) electrons. The van der Waals surface area contributed by atoms with Gasteiger partial charge in [-0.2, -0.15) is 0 Å². The number of hydrogen-bond acceptors (Lipinski definition) is 10. The number of nitrogens with one attached hydrogen (secondary N) is 1. The van der Waals surface area contributed by atoms with E-state index in [4.69, 9.17) is 9.47 Å². The molecular weight excluding hydrogens is 580 g/mol. The minimum Gasteiger partial charge on any atom is -0.460 e. The van der Waals surface area contributed by atoms with Gasteiger partial charge < -0.3 is 35.2 Å². The molecule has 0 aromatic heterocycles. The van der Waals surface area contributed by atoms with E-state index in [2.05, 4.69) is 12.2 Å². The smallest absolute Gasteiger partial charge is 0.271 e. The molecule has 1 aliphatic heterocycles. The van der Waals surface area contributed by atoms with Gasteiger partial charge in [-0.1, -0.05) is 96.1 Å². The highest BCUT2D eigenvalue weighted by molar-refractivity contribution is 6.02. The molecule has 45 heavy (non-hydrogen) atoms. The maximum Gasteiger partial charge on any atom is 0.271 e. The number of para-hydroxylation sites is 1. The van der Waals surface area contributed by atoms with Crippen LogP contribution in [-0.2, 0) is 4.74 Å². The second kappa shape index (κ2) is 19.4. The summed E-state index contributed by atoms with van der Waals surface area (Å²) in [5, 5.41) is 54.7. The van der Waals surface area contributed by atoms with E-state index in [1.807, 2.05) is 0 Å². The van der Waals surface area contributed by atoms with E-state index in [1.54, 1.807) is 24.3 Å². The molecule has 2 aromatic carbocycles. The molecule has 1 heterocycles. The fraction of sp³-hybridized carbons (Fsp3) is 0.618. The summed E-state index contributed by atoms with van der Waals surface area (Å²) in [6.45, 7) is 1.60. The Hall–Kier alpha value is -3.09. The molecule has 1 fully saturated rings. The van der Waals surface area contributed by atoms with Crippen LogP contribution in [-0.4, -0.2) is 68.4 Å². The molecule has 250 valence electrons. The number of hydrogen-bond donors (Lipinski definition) is 5. The van der Waals surface area contributed by atoms with Crippen LogP contribution < -0.4 is 10.1 Å². The summed E-state index contributed by atoms with van der Waals surface area (Å²) in [7, 11) is 0. The topological polar surface area (TPSA) is 172 Å². The summed E-state index contributed by atoms with van der Waals surface area (Å²) >= 11 is 0. The van der Waals surface area contributed by atoms with Gasteiger partial charge in [-0.15, -0.1) is 0 Å². The van der Waals surface area contributed by atoms with E-state index in [0.29, 0.717) is 17.7 Å². The lowest BCUT2D eigenvalue weighted by Gasteiger charge is -2.39. The van der Waals surface area contributed by atoms with Crippen LogP contribution in [0, 0.1) is 10.1 Å². The van der Waals surface area contributed by atoms with Crippen molar-refractivity contribution in [2.45, 2.75) is 128 Å². The largest absolute Gasteiger partial charge is 0.460 e. The van der Waals surface area contributed by atoms with Crippen molar-refractivity contribution in [3.05, 3.63) is 58.1 Å². The second-order valence-electron chi connectivity index (χ2n) is 11.8. The Morgan fingerprint density at radius 1 is 0.844 bits per heavy atom. The van der Waals surface area contributed by atoms with E-state index in [-0.39, 0.29) is 22.9 Å². The number of Topliss-reactive ketones (excluding diaryl/α,β-unsaturated/α-hetero) is 1. The van der Waals surface area contributed by atoms with Crippen molar-refractivity contribution < 1.29 is 39.6 Å². The maximum absolute atomic E-state index is 13.2. The number of nitro groups is 1. The normalized spacial score (nSPS) is 21.4. The standard InChI is InChI=1S/C34H50N2O9/c1-2-3-4-5-6-7-8-9-10-11-12-13-14-19-28(38)25-17-15-16-18-26(25)35-27-22-24(36(42)43)20-21-29(27)44-34-33(41)32(40)31(39)30(23-37)45-34/h15-18,20-22,30-35,37,39-41H,2-14,19,23H2,1H3/t30-,31-,32+,33-,34-/m1/s1. The predicted octanol–water partition coefficient (Wildman–Crippen LogP) is 6.18. The quantitative estimate of drug-likeness (QED) is 0.0464. The molecule has 0 spiro atoms. The van der Waals surface area contributed by atoms with Crippen molar-refractivity contribution in [1.29, 1.82) is 0 Å². The third-order valence-corrected chi connectivity index (χ3v) is 8.27. The minimum absolute atomic E-state index is 0.0312. The molecule has 5 N–H and O–H groups in total. The molecule has 3 rings (SSSR count). The number of nitrogens with zero attached hydrogens (tertiary/aromatic N) is 1. The van der Waals surface area contributed by atoms with Crippen molar-refractivity contribution >= 4 is 22.8 Å². The molecule has 0 aliphatic carbocycles. The predicted molar refractivity (Wildman–Crippen MR) is 172 cm³/mol. The van der Waals surface area contributed by atoms with E-state index in [1.165, 1.54) is 82.4 Å². The zero-order valence-corrected chi connectivity index (χ0v) is 26.3. The van der Waals surface area contributed by atoms with Crippen LogP contribution in [0.25, 0.3) is 0 Å². The average molecular weight is 631 g/mol. The highest BCUT2D eigenvalue weighted by atomic mass is 16.7. The van der Waals surface area contributed by atoms with Gasteiger partial charge in [0.15, 0.2) is 5.78 Å². The van der Waals surface area contributed by atoms with Gasteiger partial charge in [-0.05, 0) is 24.6 Å². The molecule has 0 saturated carbocycles. The first-order valence-corrected chi connectivity index (χ1v) is 16.4. The summed E-state index contributed by atoms with van der Waals surface area (Å²) < 4.78 is 11.2. The highest BCUT2D eigenvalue weighted by Gasteiger charge is 2.45. The molecule has 5 atom stereocenters. The lowest BCUT2D eigenvalue weighted by molar-refractivity contribution is -0.384. The van der Waals surface area contributed by atoms with E-state index < -0.39 is 42.2 Å². The number of rotatable bonds is 21. The Labute approximate surface area is 265 Å². The molecule has 11 heteroatoms. The second-order valence-corrected chi connectivity index (χ2v) is 11.8. The monoisotopic (exact) mass is 630 g/mol. The maximum atomic E-state index is 13.2. The van der Waals surface area contributed by atoms with Gasteiger partial charge >= 0.3 is 0 Å². The number of ether oxygens (including phenoxy) is 2. The van der Waals surface area contributed by atoms with E-state index in [9.17, 15) is 35.3 Å². The van der Waals surface area contributed by atoms with Gasteiger partial charge in [0.25, 0.3) is 5.69 Å². The van der Waals surface area contributed by atoms with Crippen LogP contribution >= 0.6 is 0 Å². The molecule has 0 amide bonds. The van der Waals surface area contributed by atoms with Gasteiger partial charge in [0.2, 0.25) is 6.29 Å². The van der Waals surface area contributed by atoms with Crippen molar-refractivity contribution in [3.8, 4) is 5.75 Å². The summed E-state index contributed by atoms with van der Waals surface area (Å²) in [4.78, 5) is 24.2. The molecule has 11 nitrogen and oxygen atoms in total. The van der Waals surface area contributed by atoms with Crippen LogP contribution in [0.1, 0.15) is 107 Å². The fourth-order valence-corrected chi connectivity index (χ4v) is 5.54. The third kappa shape index (κ3) is 11.3. The average Bonchev–Trinajstić information content (AvgIpc) is 3.04. The summed E-state index contributed by atoms with van der Waals surface area (Å²) in [5.74, 6) is -0.0216. The summed E-state index contributed by atoms with van der Waals surface area (Å²) in [5.41, 5.74) is 0.745. The molecule has 0 unspecified atom stereocenters.